The summed E-state index contributed by atoms with van der Waals surface area (Å²) in [4.78, 5) is 9.16. The van der Waals surface area contributed by atoms with Gasteiger partial charge in [-0.1, -0.05) is 71.6 Å². The smallest absolute Gasteiger partial charge is 0.159 e. The second-order valence-corrected chi connectivity index (χ2v) is 10.9. The van der Waals surface area contributed by atoms with E-state index in [0.717, 1.165) is 62.3 Å². The van der Waals surface area contributed by atoms with Gasteiger partial charge in [0.15, 0.2) is 5.82 Å². The summed E-state index contributed by atoms with van der Waals surface area (Å²) in [6.45, 7) is 5.23. The Morgan fingerprint density at radius 3 is 2.11 bits per heavy atom. The minimum atomic E-state index is -0.0893. The molecule has 0 spiro atoms. The van der Waals surface area contributed by atoms with E-state index in [-0.39, 0.29) is 5.41 Å². The van der Waals surface area contributed by atoms with Crippen molar-refractivity contribution in [3.05, 3.63) is 42.2 Å². The van der Waals surface area contributed by atoms with Crippen LogP contribution >= 0.6 is 0 Å². The highest BCUT2D eigenvalue weighted by Gasteiger charge is 2.35. The zero-order valence-corrected chi connectivity index (χ0v) is 22.8. The highest BCUT2D eigenvalue weighted by atomic mass is 16.5. The quantitative estimate of drug-likeness (QED) is 0.221. The van der Waals surface area contributed by atoms with E-state index in [1.54, 1.807) is 0 Å². The number of aromatic nitrogens is 2. The van der Waals surface area contributed by atoms with E-state index in [1.165, 1.54) is 69.8 Å². The maximum atomic E-state index is 9.88. The molecule has 1 aliphatic rings. The Balaban J connectivity index is 1.38. The third-order valence-electron chi connectivity index (χ3n) is 7.93. The van der Waals surface area contributed by atoms with Gasteiger partial charge in [0.1, 0.15) is 5.75 Å². The summed E-state index contributed by atoms with van der Waals surface area (Å²) in [5, 5.41) is 9.88. The number of hydrogen-bond acceptors (Lipinski definition) is 4. The molecule has 3 rings (SSSR count). The largest absolute Gasteiger partial charge is 0.493 e. The highest BCUT2D eigenvalue weighted by molar-refractivity contribution is 5.55. The maximum Gasteiger partial charge on any atom is 0.159 e. The van der Waals surface area contributed by atoms with Crippen LogP contribution in [0.2, 0.25) is 0 Å². The van der Waals surface area contributed by atoms with Crippen LogP contribution in [0, 0.1) is 22.7 Å². The van der Waals surface area contributed by atoms with Gasteiger partial charge in [-0.05, 0) is 80.7 Å². The number of unbranched alkanes of at least 4 members (excludes halogenated alkanes) is 8. The summed E-state index contributed by atoms with van der Waals surface area (Å²) in [5.74, 6) is 2.21. The second kappa shape index (κ2) is 15.6. The number of ether oxygens (including phenoxy) is 1. The van der Waals surface area contributed by atoms with Crippen LogP contribution in [0.5, 0.6) is 5.75 Å². The molecule has 0 aliphatic heterocycles. The number of hydrogen-bond donors (Lipinski definition) is 0. The molecule has 36 heavy (non-hydrogen) atoms. The summed E-state index contributed by atoms with van der Waals surface area (Å²) < 4.78 is 6.13. The molecule has 4 heteroatoms. The summed E-state index contributed by atoms with van der Waals surface area (Å²) in [7, 11) is 0. The van der Waals surface area contributed by atoms with Crippen molar-refractivity contribution in [2.45, 2.75) is 117 Å². The number of rotatable bonds is 16. The molecule has 0 amide bonds. The fourth-order valence-corrected chi connectivity index (χ4v) is 5.36. The van der Waals surface area contributed by atoms with Gasteiger partial charge in [-0.3, -0.25) is 0 Å². The van der Waals surface area contributed by atoms with Gasteiger partial charge in [0.05, 0.1) is 18.1 Å². The van der Waals surface area contributed by atoms with Crippen LogP contribution in [-0.2, 0) is 6.42 Å². The van der Waals surface area contributed by atoms with Gasteiger partial charge in [0.2, 0.25) is 0 Å². The van der Waals surface area contributed by atoms with Gasteiger partial charge in [-0.25, -0.2) is 9.97 Å². The Kier molecular flexibility index (Phi) is 12.2. The molecule has 1 aromatic carbocycles. The first kappa shape index (κ1) is 28.2. The molecule has 0 saturated heterocycles. The highest BCUT2D eigenvalue weighted by Crippen LogP contribution is 2.42. The molecule has 0 bridgehead atoms. The fourth-order valence-electron chi connectivity index (χ4n) is 5.36. The molecule has 1 aromatic heterocycles. The molecule has 1 fully saturated rings. The minimum Gasteiger partial charge on any atom is -0.493 e. The number of benzene rings is 1. The van der Waals surface area contributed by atoms with Crippen molar-refractivity contribution in [2.24, 2.45) is 11.3 Å². The van der Waals surface area contributed by atoms with Crippen LogP contribution in [0.4, 0.5) is 0 Å². The average Bonchev–Trinajstić information content (AvgIpc) is 2.93. The summed E-state index contributed by atoms with van der Waals surface area (Å²) in [5.41, 5.74) is 2.15. The monoisotopic (exact) mass is 489 g/mol. The molecule has 0 atom stereocenters. The Hall–Kier alpha value is -2.41. The fraction of sp³-hybridized carbons (Fsp3) is 0.656. The molecule has 196 valence electrons. The number of nitrogens with zero attached hydrogens (tertiary/aromatic N) is 3. The Morgan fingerprint density at radius 2 is 1.47 bits per heavy atom. The summed E-state index contributed by atoms with van der Waals surface area (Å²) in [6, 6.07) is 10.9. The Morgan fingerprint density at radius 1 is 0.861 bits per heavy atom. The molecule has 2 aromatic rings. The van der Waals surface area contributed by atoms with Crippen molar-refractivity contribution in [3.63, 3.8) is 0 Å². The predicted molar refractivity (Wildman–Crippen MR) is 149 cm³/mol. The molecule has 1 saturated carbocycles. The Labute approximate surface area is 219 Å². The number of aryl methyl sites for hydroxylation is 1. The van der Waals surface area contributed by atoms with Crippen molar-refractivity contribution < 1.29 is 4.74 Å². The van der Waals surface area contributed by atoms with Crippen molar-refractivity contribution in [3.8, 4) is 23.2 Å². The van der Waals surface area contributed by atoms with Crippen molar-refractivity contribution in [1.29, 1.82) is 5.26 Å². The van der Waals surface area contributed by atoms with Crippen molar-refractivity contribution in [2.75, 3.05) is 6.61 Å². The van der Waals surface area contributed by atoms with Gasteiger partial charge in [0, 0.05) is 18.0 Å². The average molecular weight is 490 g/mol. The van der Waals surface area contributed by atoms with Gasteiger partial charge < -0.3 is 4.74 Å². The topological polar surface area (TPSA) is 58.8 Å². The molecule has 0 N–H and O–H groups in total. The van der Waals surface area contributed by atoms with E-state index in [0.29, 0.717) is 5.92 Å². The third kappa shape index (κ3) is 9.23. The molecule has 0 radical (unpaired) electrons. The first-order chi connectivity index (χ1) is 17.7. The van der Waals surface area contributed by atoms with Crippen LogP contribution in [0.3, 0.4) is 0 Å². The van der Waals surface area contributed by atoms with Crippen LogP contribution in [0.1, 0.15) is 116 Å². The maximum absolute atomic E-state index is 9.88. The molecule has 4 nitrogen and oxygen atoms in total. The first-order valence-corrected chi connectivity index (χ1v) is 14.6. The summed E-state index contributed by atoms with van der Waals surface area (Å²) in [6.07, 6.45) is 23.1. The normalized spacial score (nSPS) is 19.6. The van der Waals surface area contributed by atoms with Gasteiger partial charge >= 0.3 is 0 Å². The lowest BCUT2D eigenvalue weighted by Crippen LogP contribution is -2.28. The van der Waals surface area contributed by atoms with Gasteiger partial charge in [-0.2, -0.15) is 5.26 Å². The van der Waals surface area contributed by atoms with Gasteiger partial charge in [0.25, 0.3) is 0 Å². The summed E-state index contributed by atoms with van der Waals surface area (Å²) >= 11 is 0. The number of nitriles is 1. The SMILES string of the molecule is CCCCCCCC[C@]1(C#N)CC[C@H](COc2ccc(-c3ncc(CCCCCC)cn3)cc2)CC1. The lowest BCUT2D eigenvalue weighted by atomic mass is 9.69. The van der Waals surface area contributed by atoms with E-state index in [4.69, 9.17) is 4.74 Å². The van der Waals surface area contributed by atoms with E-state index < -0.39 is 0 Å². The van der Waals surface area contributed by atoms with Crippen LogP contribution < -0.4 is 4.74 Å². The van der Waals surface area contributed by atoms with E-state index in [2.05, 4.69) is 29.9 Å². The third-order valence-corrected chi connectivity index (χ3v) is 7.93. The second-order valence-electron chi connectivity index (χ2n) is 10.9. The van der Waals surface area contributed by atoms with Crippen LogP contribution in [-0.4, -0.2) is 16.6 Å². The van der Waals surface area contributed by atoms with E-state index in [1.807, 2.05) is 36.7 Å². The van der Waals surface area contributed by atoms with Gasteiger partial charge in [-0.15, -0.1) is 0 Å². The molecular weight excluding hydrogens is 442 g/mol. The Bertz CT molecular complexity index is 892. The molecule has 1 heterocycles. The lowest BCUT2D eigenvalue weighted by Gasteiger charge is -2.35. The van der Waals surface area contributed by atoms with Crippen molar-refractivity contribution in [1.82, 2.24) is 9.97 Å². The lowest BCUT2D eigenvalue weighted by molar-refractivity contribution is 0.144. The predicted octanol–water partition coefficient (Wildman–Crippen LogP) is 9.10. The molecule has 1 aliphatic carbocycles. The van der Waals surface area contributed by atoms with Crippen LogP contribution in [0.25, 0.3) is 11.4 Å². The zero-order valence-electron chi connectivity index (χ0n) is 22.8. The first-order valence-electron chi connectivity index (χ1n) is 14.6. The van der Waals surface area contributed by atoms with Crippen LogP contribution in [0.15, 0.2) is 36.7 Å². The van der Waals surface area contributed by atoms with E-state index in [9.17, 15) is 5.26 Å². The molecular formula is C32H47N3O. The van der Waals surface area contributed by atoms with E-state index >= 15 is 0 Å². The molecule has 0 unspecified atom stereocenters. The zero-order chi connectivity index (χ0) is 25.5. The van der Waals surface area contributed by atoms with Crippen molar-refractivity contribution >= 4 is 0 Å². The minimum absolute atomic E-state index is 0.0893. The standard InChI is InChI=1S/C32H47N3O/c1-3-5-7-9-10-12-20-32(26-33)21-18-27(19-22-32)25-36-30-16-14-29(15-17-30)31-34-23-28(24-35-31)13-11-8-6-4-2/h14-17,23-24,27H,3-13,18-22,25H2,1-2H3/t27-,32-.